The first kappa shape index (κ1) is 38.8. The molecule has 15 nitrogen and oxygen atoms in total. The molecule has 15 heteroatoms. The van der Waals surface area contributed by atoms with Gasteiger partial charge in [-0.1, -0.05) is 0 Å². The van der Waals surface area contributed by atoms with Crippen molar-refractivity contribution >= 4 is 24.1 Å². The van der Waals surface area contributed by atoms with Crippen LogP contribution in [-0.4, -0.2) is 104 Å². The van der Waals surface area contributed by atoms with Crippen molar-refractivity contribution in [2.24, 2.45) is 11.8 Å². The van der Waals surface area contributed by atoms with Gasteiger partial charge in [-0.15, -0.1) is 0 Å². The number of hydrogen-bond donors (Lipinski definition) is 4. The predicted octanol–water partition coefficient (Wildman–Crippen LogP) is 3.54. The number of piperidine rings is 2. The SMILES string of the molecule is CC(C)(C)OC(=O)NCC1CCN(C(=O)c2cnccn2)CC1.CC(C)(C)OC(=O)NCC1CCNCC1.O=C(O)c1cnccn1. The van der Waals surface area contributed by atoms with Crippen LogP contribution in [0, 0.1) is 11.8 Å². The summed E-state index contributed by atoms with van der Waals surface area (Å²) in [6.45, 7) is 15.9. The number of carbonyl (C=O) groups is 4. The van der Waals surface area contributed by atoms with E-state index in [9.17, 15) is 19.2 Å². The van der Waals surface area contributed by atoms with Crippen LogP contribution in [0.2, 0.25) is 0 Å². The van der Waals surface area contributed by atoms with Crippen molar-refractivity contribution in [2.45, 2.75) is 78.4 Å². The second-order valence-electron chi connectivity index (χ2n) is 13.2. The third kappa shape index (κ3) is 17.2. The second-order valence-corrected chi connectivity index (χ2v) is 13.2. The summed E-state index contributed by atoms with van der Waals surface area (Å²) in [5.74, 6) is -0.188. The van der Waals surface area contributed by atoms with Gasteiger partial charge >= 0.3 is 18.2 Å². The molecule has 4 rings (SSSR count). The van der Waals surface area contributed by atoms with E-state index in [2.05, 4.69) is 35.9 Å². The lowest BCUT2D eigenvalue weighted by molar-refractivity contribution is 0.0496. The molecular weight excluding hydrogens is 608 g/mol. The second kappa shape index (κ2) is 19.3. The molecule has 0 aliphatic carbocycles. The fourth-order valence-corrected chi connectivity index (χ4v) is 4.49. The molecule has 2 aliphatic rings. The highest BCUT2D eigenvalue weighted by Gasteiger charge is 2.25. The van der Waals surface area contributed by atoms with Gasteiger partial charge in [0.1, 0.15) is 16.9 Å². The highest BCUT2D eigenvalue weighted by atomic mass is 16.6. The number of nitrogens with one attached hydrogen (secondary N) is 3. The number of likely N-dealkylation sites (tertiary alicyclic amines) is 1. The molecule has 0 aromatic carbocycles. The Morgan fingerprint density at radius 2 is 1.21 bits per heavy atom. The fourth-order valence-electron chi connectivity index (χ4n) is 4.49. The summed E-state index contributed by atoms with van der Waals surface area (Å²) in [5.41, 5.74) is -0.551. The maximum absolute atomic E-state index is 12.3. The molecule has 2 aromatic rings. The van der Waals surface area contributed by atoms with E-state index in [4.69, 9.17) is 14.6 Å². The van der Waals surface area contributed by atoms with E-state index in [1.807, 2.05) is 41.5 Å². The molecule has 0 atom stereocenters. The van der Waals surface area contributed by atoms with E-state index in [1.54, 1.807) is 11.1 Å². The molecule has 2 aromatic heterocycles. The standard InChI is InChI=1S/C16H24N4O3.C11H22N2O2.C5H4N2O2/c1-16(2,3)23-15(22)19-10-12-4-8-20(9-5-12)14(21)13-11-17-6-7-18-13;1-11(2,3)15-10(14)13-8-9-4-6-12-7-5-9;8-5(9)4-3-6-1-2-7-4/h6-7,11-12H,4-5,8-10H2,1-3H3,(H,19,22);9,12H,4-8H2,1-3H3,(H,13,14);1-3H,(H,8,9). The number of carboxylic acid groups (broad SMARTS) is 1. The number of aromatic carboxylic acids is 1. The maximum atomic E-state index is 12.3. The first-order chi connectivity index (χ1) is 22.1. The van der Waals surface area contributed by atoms with Crippen LogP contribution in [-0.2, 0) is 9.47 Å². The molecule has 47 heavy (non-hydrogen) atoms. The van der Waals surface area contributed by atoms with Crippen molar-refractivity contribution in [1.82, 2.24) is 40.8 Å². The Kier molecular flexibility index (Phi) is 15.9. The average Bonchev–Trinajstić information content (AvgIpc) is 3.03. The van der Waals surface area contributed by atoms with Gasteiger partial charge in [0.15, 0.2) is 5.69 Å². The zero-order valence-electron chi connectivity index (χ0n) is 28.3. The van der Waals surface area contributed by atoms with Crippen molar-refractivity contribution in [3.05, 3.63) is 48.6 Å². The maximum Gasteiger partial charge on any atom is 0.407 e. The minimum absolute atomic E-state index is 0.0301. The van der Waals surface area contributed by atoms with Gasteiger partial charge in [-0.2, -0.15) is 0 Å². The minimum atomic E-state index is -1.05. The van der Waals surface area contributed by atoms with Crippen LogP contribution in [0.1, 0.15) is 88.2 Å². The van der Waals surface area contributed by atoms with Crippen molar-refractivity contribution in [3.8, 4) is 0 Å². The van der Waals surface area contributed by atoms with Gasteiger partial charge in [-0.05, 0) is 92.2 Å². The molecule has 0 bridgehead atoms. The Bertz CT molecular complexity index is 1240. The van der Waals surface area contributed by atoms with Crippen LogP contribution in [0.25, 0.3) is 0 Å². The summed E-state index contributed by atoms with van der Waals surface area (Å²) in [6.07, 6.45) is 11.8. The fraction of sp³-hybridized carbons (Fsp3) is 0.625. The van der Waals surface area contributed by atoms with Crippen LogP contribution in [0.3, 0.4) is 0 Å². The molecule has 4 N–H and O–H groups in total. The third-order valence-electron chi connectivity index (χ3n) is 6.79. The number of amides is 3. The number of carboxylic acids is 1. The van der Waals surface area contributed by atoms with Gasteiger partial charge in [-0.3, -0.25) is 14.8 Å². The molecule has 260 valence electrons. The number of aromatic nitrogens is 4. The van der Waals surface area contributed by atoms with Crippen LogP contribution in [0.15, 0.2) is 37.2 Å². The van der Waals surface area contributed by atoms with E-state index < -0.39 is 23.3 Å². The quantitative estimate of drug-likeness (QED) is 0.353. The van der Waals surface area contributed by atoms with Crippen molar-refractivity contribution in [2.75, 3.05) is 39.3 Å². The summed E-state index contributed by atoms with van der Waals surface area (Å²) in [7, 11) is 0. The van der Waals surface area contributed by atoms with Crippen LogP contribution in [0.4, 0.5) is 9.59 Å². The first-order valence-electron chi connectivity index (χ1n) is 15.8. The monoisotopic (exact) mass is 658 g/mol. The first-order valence-corrected chi connectivity index (χ1v) is 15.8. The molecule has 0 saturated carbocycles. The molecule has 2 aliphatic heterocycles. The molecule has 3 amide bonds. The highest BCUT2D eigenvalue weighted by molar-refractivity contribution is 5.92. The zero-order chi connectivity index (χ0) is 34.9. The van der Waals surface area contributed by atoms with Gasteiger partial charge in [0.2, 0.25) is 0 Å². The van der Waals surface area contributed by atoms with Gasteiger partial charge in [0.25, 0.3) is 5.91 Å². The summed E-state index contributed by atoms with van der Waals surface area (Å²) in [6, 6.07) is 0. The van der Waals surface area contributed by atoms with Crippen molar-refractivity contribution < 1.29 is 33.8 Å². The van der Waals surface area contributed by atoms with E-state index in [0.29, 0.717) is 37.2 Å². The minimum Gasteiger partial charge on any atom is -0.476 e. The van der Waals surface area contributed by atoms with E-state index >= 15 is 0 Å². The van der Waals surface area contributed by atoms with Crippen molar-refractivity contribution in [1.29, 1.82) is 0 Å². The Morgan fingerprint density at radius 1 is 0.766 bits per heavy atom. The predicted molar refractivity (Wildman–Crippen MR) is 174 cm³/mol. The number of rotatable bonds is 6. The molecule has 0 spiro atoms. The highest BCUT2D eigenvalue weighted by Crippen LogP contribution is 2.18. The lowest BCUT2D eigenvalue weighted by atomic mass is 9.96. The van der Waals surface area contributed by atoms with E-state index in [-0.39, 0.29) is 17.7 Å². The number of nitrogens with zero attached hydrogens (tertiary/aromatic N) is 5. The van der Waals surface area contributed by atoms with Crippen LogP contribution < -0.4 is 16.0 Å². The molecule has 2 fully saturated rings. The Morgan fingerprint density at radius 3 is 1.60 bits per heavy atom. The molecule has 2 saturated heterocycles. The number of alkyl carbamates (subject to hydrolysis) is 2. The average molecular weight is 659 g/mol. The Balaban J connectivity index is 0.000000273. The normalized spacial score (nSPS) is 15.5. The number of hydrogen-bond acceptors (Lipinski definition) is 11. The van der Waals surface area contributed by atoms with E-state index in [1.165, 1.54) is 31.0 Å². The van der Waals surface area contributed by atoms with Gasteiger partial charge in [-0.25, -0.2) is 24.4 Å². The topological polar surface area (TPSA) is 198 Å². The number of carbonyl (C=O) groups excluding carboxylic acids is 3. The smallest absolute Gasteiger partial charge is 0.407 e. The molecule has 4 heterocycles. The van der Waals surface area contributed by atoms with E-state index in [0.717, 1.165) is 45.3 Å². The third-order valence-corrected chi connectivity index (χ3v) is 6.79. The van der Waals surface area contributed by atoms with Gasteiger partial charge in [0.05, 0.1) is 12.4 Å². The molecule has 0 unspecified atom stereocenters. The van der Waals surface area contributed by atoms with Crippen LogP contribution in [0.5, 0.6) is 0 Å². The largest absolute Gasteiger partial charge is 0.476 e. The van der Waals surface area contributed by atoms with Gasteiger partial charge < -0.3 is 35.4 Å². The lowest BCUT2D eigenvalue weighted by Crippen LogP contribution is -2.42. The molecule has 0 radical (unpaired) electrons. The zero-order valence-corrected chi connectivity index (χ0v) is 28.3. The van der Waals surface area contributed by atoms with Crippen LogP contribution >= 0.6 is 0 Å². The van der Waals surface area contributed by atoms with Gasteiger partial charge in [0, 0.05) is 51.0 Å². The summed E-state index contributed by atoms with van der Waals surface area (Å²) in [4.78, 5) is 62.2. The van der Waals surface area contributed by atoms with Crippen molar-refractivity contribution in [3.63, 3.8) is 0 Å². The summed E-state index contributed by atoms with van der Waals surface area (Å²) >= 11 is 0. The Labute approximate surface area is 276 Å². The number of ether oxygens (including phenoxy) is 2. The Hall–Kier alpha value is -4.40. The molecular formula is C32H50N8O7. The summed E-state index contributed by atoms with van der Waals surface area (Å²) < 4.78 is 10.4. The summed E-state index contributed by atoms with van der Waals surface area (Å²) in [5, 5.41) is 17.2. The lowest BCUT2D eigenvalue weighted by Gasteiger charge is -2.32.